The van der Waals surface area contributed by atoms with Gasteiger partial charge in [0.25, 0.3) is 5.24 Å². The van der Waals surface area contributed by atoms with Gasteiger partial charge in [0.1, 0.15) is 5.75 Å². The molecular weight excluding hydrogens is 402 g/mol. The third-order valence-corrected chi connectivity index (χ3v) is 7.07. The molecule has 2 aliphatic rings. The van der Waals surface area contributed by atoms with Gasteiger partial charge in [-0.1, -0.05) is 36.9 Å². The van der Waals surface area contributed by atoms with Gasteiger partial charge in [0, 0.05) is 25.8 Å². The van der Waals surface area contributed by atoms with Crippen LogP contribution >= 0.6 is 11.8 Å². The van der Waals surface area contributed by atoms with Crippen LogP contribution in [0.3, 0.4) is 0 Å². The summed E-state index contributed by atoms with van der Waals surface area (Å²) in [4.78, 5) is 14.5. The van der Waals surface area contributed by atoms with Gasteiger partial charge in [-0.05, 0) is 42.9 Å². The number of carbonyl (C=O) groups is 1. The van der Waals surface area contributed by atoms with E-state index in [0.29, 0.717) is 31.1 Å². The van der Waals surface area contributed by atoms with Crippen LogP contribution in [0, 0.1) is 5.92 Å². The van der Waals surface area contributed by atoms with E-state index >= 15 is 0 Å². The molecule has 30 heavy (non-hydrogen) atoms. The third kappa shape index (κ3) is 5.19. The van der Waals surface area contributed by atoms with E-state index in [1.807, 2.05) is 35.2 Å². The van der Waals surface area contributed by atoms with Gasteiger partial charge < -0.3 is 24.2 Å². The molecule has 1 aromatic rings. The number of hydrogen-bond acceptors (Lipinski definition) is 6. The number of aliphatic hydroxyl groups excluding tert-OH is 1. The van der Waals surface area contributed by atoms with Crippen LogP contribution in [0.25, 0.3) is 0 Å². The molecule has 1 N–H and O–H groups in total. The number of ether oxygens (including phenoxy) is 3. The highest BCUT2D eigenvalue weighted by Crippen LogP contribution is 2.42. The van der Waals surface area contributed by atoms with Crippen molar-refractivity contribution in [1.82, 2.24) is 4.90 Å². The van der Waals surface area contributed by atoms with Crippen molar-refractivity contribution in [2.45, 2.75) is 63.2 Å². The first-order chi connectivity index (χ1) is 14.4. The lowest BCUT2D eigenvalue weighted by Gasteiger charge is -2.47. The molecule has 2 unspecified atom stereocenters. The average molecular weight is 436 g/mol. The molecule has 166 valence electrons. The molecule has 2 heterocycles. The predicted molar refractivity (Wildman–Crippen MR) is 119 cm³/mol. The first-order valence-corrected chi connectivity index (χ1v) is 11.5. The van der Waals surface area contributed by atoms with E-state index < -0.39 is 11.9 Å². The molecule has 6 nitrogen and oxygen atoms in total. The summed E-state index contributed by atoms with van der Waals surface area (Å²) >= 11 is 1.28. The van der Waals surface area contributed by atoms with Gasteiger partial charge in [-0.3, -0.25) is 4.79 Å². The van der Waals surface area contributed by atoms with Crippen LogP contribution in [0.2, 0.25) is 0 Å². The van der Waals surface area contributed by atoms with Gasteiger partial charge in [0.15, 0.2) is 5.79 Å². The highest BCUT2D eigenvalue weighted by Gasteiger charge is 2.53. The van der Waals surface area contributed by atoms with Crippen molar-refractivity contribution in [3.8, 4) is 5.75 Å². The molecule has 0 aliphatic carbocycles. The maximum atomic E-state index is 12.7. The molecular formula is C23H33NO5S. The molecule has 0 aromatic heterocycles. The Kier molecular flexibility index (Phi) is 7.85. The molecule has 1 amide bonds. The zero-order valence-corrected chi connectivity index (χ0v) is 18.9. The Morgan fingerprint density at radius 3 is 2.77 bits per heavy atom. The maximum absolute atomic E-state index is 12.7. The number of methoxy groups -OCH3 is 2. The van der Waals surface area contributed by atoms with E-state index in [2.05, 4.69) is 13.5 Å². The molecule has 2 aliphatic heterocycles. The lowest BCUT2D eigenvalue weighted by Crippen LogP contribution is -2.60. The molecule has 2 saturated heterocycles. The molecule has 3 rings (SSSR count). The Bertz CT molecular complexity index is 727. The van der Waals surface area contributed by atoms with Crippen LogP contribution < -0.4 is 4.74 Å². The van der Waals surface area contributed by atoms with Crippen molar-refractivity contribution < 1.29 is 24.1 Å². The van der Waals surface area contributed by atoms with Crippen LogP contribution in [0.5, 0.6) is 5.75 Å². The van der Waals surface area contributed by atoms with Crippen LogP contribution in [0.15, 0.2) is 36.9 Å². The van der Waals surface area contributed by atoms with Crippen LogP contribution in [0.1, 0.15) is 38.2 Å². The lowest BCUT2D eigenvalue weighted by molar-refractivity contribution is -0.305. The second-order valence-electron chi connectivity index (χ2n) is 8.21. The van der Waals surface area contributed by atoms with Crippen molar-refractivity contribution in [3.63, 3.8) is 0 Å². The fourth-order valence-electron chi connectivity index (χ4n) is 4.24. The van der Waals surface area contributed by atoms with Gasteiger partial charge in [0.2, 0.25) is 0 Å². The van der Waals surface area contributed by atoms with E-state index in [0.717, 1.165) is 24.2 Å². The zero-order valence-electron chi connectivity index (χ0n) is 18.1. The van der Waals surface area contributed by atoms with E-state index in [4.69, 9.17) is 14.2 Å². The maximum Gasteiger partial charge on any atom is 0.282 e. The first kappa shape index (κ1) is 23.1. The lowest BCUT2D eigenvalue weighted by atomic mass is 9.90. The van der Waals surface area contributed by atoms with Gasteiger partial charge in [0.05, 0.1) is 25.4 Å². The molecule has 5 atom stereocenters. The summed E-state index contributed by atoms with van der Waals surface area (Å²) in [5.41, 5.74) is 1.01. The van der Waals surface area contributed by atoms with E-state index in [1.165, 1.54) is 11.8 Å². The van der Waals surface area contributed by atoms with E-state index in [-0.39, 0.29) is 17.4 Å². The van der Waals surface area contributed by atoms with E-state index in [9.17, 15) is 9.90 Å². The van der Waals surface area contributed by atoms with Crippen molar-refractivity contribution >= 4 is 17.0 Å². The Morgan fingerprint density at radius 2 is 2.13 bits per heavy atom. The second kappa shape index (κ2) is 10.2. The van der Waals surface area contributed by atoms with Crippen molar-refractivity contribution in [2.24, 2.45) is 5.92 Å². The van der Waals surface area contributed by atoms with Crippen LogP contribution in [0.4, 0.5) is 4.79 Å². The van der Waals surface area contributed by atoms with Crippen molar-refractivity contribution in [2.75, 3.05) is 20.0 Å². The minimum atomic E-state index is -1.01. The molecule has 7 heteroatoms. The smallest absolute Gasteiger partial charge is 0.282 e. The number of nitrogens with zero attached hydrogens (tertiary/aromatic N) is 1. The van der Waals surface area contributed by atoms with Gasteiger partial charge in [-0.15, -0.1) is 6.58 Å². The topological polar surface area (TPSA) is 68.2 Å². The molecule has 0 radical (unpaired) electrons. The Balaban J connectivity index is 1.77. The predicted octanol–water partition coefficient (Wildman–Crippen LogP) is 4.22. The second-order valence-corrected chi connectivity index (χ2v) is 9.18. The van der Waals surface area contributed by atoms with Crippen molar-refractivity contribution in [1.29, 1.82) is 0 Å². The number of thioether (sulfide) groups is 1. The van der Waals surface area contributed by atoms with Crippen molar-refractivity contribution in [3.05, 3.63) is 42.5 Å². The summed E-state index contributed by atoms with van der Waals surface area (Å²) in [6.07, 6.45) is 4.00. The number of rotatable bonds is 9. The first-order valence-electron chi connectivity index (χ1n) is 10.5. The highest BCUT2D eigenvalue weighted by molar-refractivity contribution is 8.13. The highest BCUT2D eigenvalue weighted by atomic mass is 32.2. The fraction of sp³-hybridized carbons (Fsp3) is 0.609. The summed E-state index contributed by atoms with van der Waals surface area (Å²) in [7, 11) is 3.24. The zero-order chi connectivity index (χ0) is 21.7. The summed E-state index contributed by atoms with van der Waals surface area (Å²) in [6.45, 7) is 6.43. The van der Waals surface area contributed by atoms with Gasteiger partial charge >= 0.3 is 0 Å². The molecule has 0 spiro atoms. The number of benzene rings is 1. The number of amides is 1. The quantitative estimate of drug-likeness (QED) is 0.586. The summed E-state index contributed by atoms with van der Waals surface area (Å²) in [5.74, 6) is 0.734. The number of aliphatic hydroxyl groups is 1. The molecule has 0 bridgehead atoms. The number of allylic oxidation sites excluding steroid dienone is 1. The molecule has 2 fully saturated rings. The minimum Gasteiger partial charge on any atom is -0.497 e. The normalized spacial score (nSPS) is 30.3. The van der Waals surface area contributed by atoms with Gasteiger partial charge in [-0.25, -0.2) is 0 Å². The van der Waals surface area contributed by atoms with Crippen LogP contribution in [-0.2, 0) is 16.0 Å². The Morgan fingerprint density at radius 1 is 1.40 bits per heavy atom. The average Bonchev–Trinajstić information content (AvgIpc) is 3.12. The Hall–Kier alpha value is -1.54. The summed E-state index contributed by atoms with van der Waals surface area (Å²) in [6, 6.07) is 7.43. The standard InChI is InChI=1S/C23H33NO5S/c1-5-16(2)6-9-20-12-18(25)13-23(28-4,29-20)21-15-30-22(26)24(21)14-17-7-10-19(27-3)11-8-17/h5,7-8,10-11,16,18,20-21,25H,1,6,9,12-15H2,2-4H3/t16?,18-,20+,21?,23+/m0/s1. The SMILES string of the molecule is C=CC(C)CC[C@@H]1C[C@H](O)C[C@](OC)(C2CSC(=O)N2Cc2ccc(OC)cc2)O1. The number of hydrogen-bond donors (Lipinski definition) is 1. The third-order valence-electron chi connectivity index (χ3n) is 6.11. The molecule has 0 saturated carbocycles. The van der Waals surface area contributed by atoms with Gasteiger partial charge in [-0.2, -0.15) is 0 Å². The van der Waals surface area contributed by atoms with Crippen LogP contribution in [-0.4, -0.2) is 59.3 Å². The summed E-state index contributed by atoms with van der Waals surface area (Å²) in [5, 5.41) is 10.6. The monoisotopic (exact) mass is 435 g/mol. The summed E-state index contributed by atoms with van der Waals surface area (Å²) < 4.78 is 17.6. The molecule has 1 aromatic carbocycles. The fourth-order valence-corrected chi connectivity index (χ4v) is 5.33. The Labute approximate surface area is 183 Å². The minimum absolute atomic E-state index is 0.00716. The van der Waals surface area contributed by atoms with E-state index in [1.54, 1.807) is 14.2 Å². The number of carbonyl (C=O) groups excluding carboxylic acids is 1. The largest absolute Gasteiger partial charge is 0.497 e.